The molecule has 0 spiro atoms. The van der Waals surface area contributed by atoms with Gasteiger partial charge in [-0.25, -0.2) is 4.79 Å². The average molecular weight is 138 g/mol. The summed E-state index contributed by atoms with van der Waals surface area (Å²) in [5.41, 5.74) is 0.279. The van der Waals surface area contributed by atoms with Crippen molar-refractivity contribution >= 4 is 18.1 Å². The molecule has 0 saturated carbocycles. The maximum Gasteiger partial charge on any atom is 0.253 e. The Morgan fingerprint density at radius 2 is 2.60 bits per heavy atom. The summed E-state index contributed by atoms with van der Waals surface area (Å²) in [5.74, 6) is 1.92. The van der Waals surface area contributed by atoms with E-state index < -0.39 is 0 Å². The summed E-state index contributed by atoms with van der Waals surface area (Å²) in [6, 6.07) is 0. The van der Waals surface area contributed by atoms with Crippen molar-refractivity contribution in [2.75, 3.05) is 6.61 Å². The molecule has 0 saturated heterocycles. The number of hydrogen-bond acceptors (Lipinski definition) is 4. The van der Waals surface area contributed by atoms with Crippen molar-refractivity contribution in [3.8, 4) is 0 Å². The van der Waals surface area contributed by atoms with E-state index in [-0.39, 0.29) is 11.5 Å². The van der Waals surface area contributed by atoms with Crippen molar-refractivity contribution in [3.05, 3.63) is 5.57 Å². The summed E-state index contributed by atoms with van der Waals surface area (Å²) in [7, 11) is 0. The van der Waals surface area contributed by atoms with E-state index >= 15 is 0 Å². The van der Waals surface area contributed by atoms with E-state index in [4.69, 9.17) is 4.74 Å². The Balaban J connectivity index is 2.72. The minimum atomic E-state index is 0.262. The Morgan fingerprint density at radius 3 is 3.20 bits per heavy atom. The lowest BCUT2D eigenvalue weighted by Gasteiger charge is -1.97. The molecule has 0 bridgehead atoms. The number of ether oxygens (including phenoxy) is 1. The van der Waals surface area contributed by atoms with Crippen LogP contribution < -0.4 is 0 Å². The van der Waals surface area contributed by atoms with E-state index in [9.17, 15) is 4.79 Å². The molecule has 0 aromatic heterocycles. The molecule has 0 aromatic carbocycles. The Kier molecular flexibility index (Phi) is 1.97. The SMILES string of the molecule is CCOC1=NN=CC1=C=O. The molecule has 4 nitrogen and oxygen atoms in total. The quantitative estimate of drug-likeness (QED) is 0.485. The predicted octanol–water partition coefficient (Wildman–Crippen LogP) is 0.179. The van der Waals surface area contributed by atoms with Crippen LogP contribution in [0.4, 0.5) is 0 Å². The standard InChI is InChI=1S/C6H6N2O2/c1-2-10-6-5(4-9)3-7-8-6/h3H,2H2,1H3. The summed E-state index contributed by atoms with van der Waals surface area (Å²) >= 11 is 0. The van der Waals surface area contributed by atoms with Gasteiger partial charge in [-0.15, -0.1) is 5.10 Å². The molecule has 10 heavy (non-hydrogen) atoms. The molecule has 0 aromatic rings. The third kappa shape index (κ3) is 1.11. The minimum absolute atomic E-state index is 0.262. The summed E-state index contributed by atoms with van der Waals surface area (Å²) in [6.07, 6.45) is 1.32. The highest BCUT2D eigenvalue weighted by molar-refractivity contribution is 6.20. The van der Waals surface area contributed by atoms with Crippen molar-refractivity contribution < 1.29 is 9.53 Å². The summed E-state index contributed by atoms with van der Waals surface area (Å²) in [6.45, 7) is 2.29. The minimum Gasteiger partial charge on any atom is -0.476 e. The van der Waals surface area contributed by atoms with E-state index in [1.54, 1.807) is 5.94 Å². The third-order valence-electron chi connectivity index (χ3n) is 0.957. The van der Waals surface area contributed by atoms with Gasteiger partial charge in [0.15, 0.2) is 0 Å². The van der Waals surface area contributed by atoms with Crippen LogP contribution in [0, 0.1) is 0 Å². The van der Waals surface area contributed by atoms with Crippen LogP contribution in [-0.2, 0) is 9.53 Å². The molecule has 0 atom stereocenters. The van der Waals surface area contributed by atoms with Crippen LogP contribution in [0.15, 0.2) is 15.8 Å². The summed E-state index contributed by atoms with van der Waals surface area (Å²) in [4.78, 5) is 10.1. The highest BCUT2D eigenvalue weighted by Crippen LogP contribution is 2.00. The van der Waals surface area contributed by atoms with Gasteiger partial charge >= 0.3 is 0 Å². The van der Waals surface area contributed by atoms with Gasteiger partial charge in [-0.3, -0.25) is 0 Å². The first-order valence-electron chi connectivity index (χ1n) is 2.87. The van der Waals surface area contributed by atoms with Crippen molar-refractivity contribution in [2.24, 2.45) is 10.2 Å². The fourth-order valence-corrected chi connectivity index (χ4v) is 0.561. The number of rotatable bonds is 1. The summed E-state index contributed by atoms with van der Waals surface area (Å²) in [5, 5.41) is 7.02. The van der Waals surface area contributed by atoms with E-state index in [0.717, 1.165) is 0 Å². The second-order valence-electron chi connectivity index (χ2n) is 1.60. The van der Waals surface area contributed by atoms with Crippen LogP contribution in [0.5, 0.6) is 0 Å². The highest BCUT2D eigenvalue weighted by Gasteiger charge is 2.11. The molecule has 1 aliphatic heterocycles. The van der Waals surface area contributed by atoms with E-state index in [2.05, 4.69) is 10.2 Å². The first kappa shape index (κ1) is 6.71. The van der Waals surface area contributed by atoms with Crippen molar-refractivity contribution in [3.63, 3.8) is 0 Å². The number of hydrogen-bond donors (Lipinski definition) is 0. The van der Waals surface area contributed by atoms with Crippen molar-refractivity contribution in [1.29, 1.82) is 0 Å². The largest absolute Gasteiger partial charge is 0.476 e. The molecule has 0 N–H and O–H groups in total. The summed E-state index contributed by atoms with van der Waals surface area (Å²) < 4.78 is 4.93. The Bertz CT molecular complexity index is 236. The Hall–Kier alpha value is -1.41. The van der Waals surface area contributed by atoms with Crippen molar-refractivity contribution in [2.45, 2.75) is 6.92 Å². The van der Waals surface area contributed by atoms with Crippen LogP contribution in [0.2, 0.25) is 0 Å². The third-order valence-corrected chi connectivity index (χ3v) is 0.957. The highest BCUT2D eigenvalue weighted by atomic mass is 16.5. The number of nitrogens with zero attached hydrogens (tertiary/aromatic N) is 2. The maximum atomic E-state index is 10.1. The molecule has 52 valence electrons. The van der Waals surface area contributed by atoms with Gasteiger partial charge in [-0.1, -0.05) is 0 Å². The lowest BCUT2D eigenvalue weighted by molar-refractivity contribution is 0.329. The number of carbonyl (C=O) groups excluding carboxylic acids is 1. The van der Waals surface area contributed by atoms with Gasteiger partial charge in [-0.05, 0) is 6.92 Å². The molecule has 0 amide bonds. The molecule has 1 rings (SSSR count). The first-order chi connectivity index (χ1) is 4.88. The van der Waals surface area contributed by atoms with Gasteiger partial charge in [0.2, 0.25) is 0 Å². The average Bonchev–Trinajstić information content (AvgIpc) is 2.36. The zero-order valence-corrected chi connectivity index (χ0v) is 5.50. The van der Waals surface area contributed by atoms with Gasteiger partial charge in [0.1, 0.15) is 11.5 Å². The Morgan fingerprint density at radius 1 is 1.80 bits per heavy atom. The van der Waals surface area contributed by atoms with Crippen LogP contribution in [0.3, 0.4) is 0 Å². The lowest BCUT2D eigenvalue weighted by Crippen LogP contribution is -2.05. The van der Waals surface area contributed by atoms with E-state index in [0.29, 0.717) is 6.61 Å². The van der Waals surface area contributed by atoms with Crippen LogP contribution in [0.1, 0.15) is 6.92 Å². The van der Waals surface area contributed by atoms with Crippen LogP contribution in [-0.4, -0.2) is 24.7 Å². The van der Waals surface area contributed by atoms with Crippen LogP contribution >= 0.6 is 0 Å². The molecule has 4 heteroatoms. The molecule has 0 unspecified atom stereocenters. The molecule has 0 aliphatic carbocycles. The van der Waals surface area contributed by atoms with Crippen LogP contribution in [0.25, 0.3) is 0 Å². The molecular formula is C6H6N2O2. The zero-order chi connectivity index (χ0) is 7.40. The second-order valence-corrected chi connectivity index (χ2v) is 1.60. The van der Waals surface area contributed by atoms with Crippen molar-refractivity contribution in [1.82, 2.24) is 0 Å². The Labute approximate surface area is 57.9 Å². The monoisotopic (exact) mass is 138 g/mol. The normalized spacial score (nSPS) is 14.9. The second kappa shape index (κ2) is 2.94. The molecule has 0 fully saturated rings. The van der Waals surface area contributed by atoms with Gasteiger partial charge in [0.25, 0.3) is 5.90 Å². The fourth-order valence-electron chi connectivity index (χ4n) is 0.561. The predicted molar refractivity (Wildman–Crippen MR) is 36.8 cm³/mol. The smallest absolute Gasteiger partial charge is 0.253 e. The first-order valence-corrected chi connectivity index (χ1v) is 2.87. The molecule has 1 heterocycles. The van der Waals surface area contributed by atoms with Gasteiger partial charge in [0.05, 0.1) is 12.8 Å². The fraction of sp³-hybridized carbons (Fsp3) is 0.333. The van der Waals surface area contributed by atoms with Gasteiger partial charge in [0, 0.05) is 0 Å². The maximum absolute atomic E-state index is 10.1. The zero-order valence-electron chi connectivity index (χ0n) is 5.50. The lowest BCUT2D eigenvalue weighted by atomic mass is 10.3. The topological polar surface area (TPSA) is 51.0 Å². The molecule has 1 aliphatic rings. The van der Waals surface area contributed by atoms with E-state index in [1.165, 1.54) is 6.21 Å². The van der Waals surface area contributed by atoms with Gasteiger partial charge in [-0.2, -0.15) is 5.10 Å². The van der Waals surface area contributed by atoms with E-state index in [1.807, 2.05) is 6.92 Å². The molecule has 0 radical (unpaired) electrons. The molecular weight excluding hydrogens is 132 g/mol. The van der Waals surface area contributed by atoms with Gasteiger partial charge < -0.3 is 4.74 Å².